The molecule has 0 aliphatic heterocycles. The van der Waals surface area contributed by atoms with E-state index in [0.29, 0.717) is 12.8 Å². The van der Waals surface area contributed by atoms with E-state index in [9.17, 15) is 13.2 Å². The molecule has 0 bridgehead atoms. The fraction of sp³-hybridized carbons (Fsp3) is 1.00. The molecule has 2 N–H and O–H groups in total. The van der Waals surface area contributed by atoms with Gasteiger partial charge in [0.15, 0.2) is 0 Å². The van der Waals surface area contributed by atoms with Gasteiger partial charge in [0, 0.05) is 13.2 Å². The first-order valence-electron chi connectivity index (χ1n) is 4.54. The first-order chi connectivity index (χ1) is 6.16. The Morgan fingerprint density at radius 1 is 1.29 bits per heavy atom. The average molecular weight is 213 g/mol. The van der Waals surface area contributed by atoms with Crippen molar-refractivity contribution in [2.75, 3.05) is 7.11 Å². The maximum atomic E-state index is 11.9. The molecule has 0 amide bonds. The van der Waals surface area contributed by atoms with E-state index < -0.39 is 24.2 Å². The second-order valence-electron chi connectivity index (χ2n) is 4.08. The van der Waals surface area contributed by atoms with Gasteiger partial charge in [-0.2, -0.15) is 13.2 Å². The number of nitrogens with two attached hydrogens (primary N) is 1. The number of ether oxygens (including phenoxy) is 1. The van der Waals surface area contributed by atoms with Gasteiger partial charge in [-0.05, 0) is 26.7 Å². The Labute approximate surface area is 82.6 Å². The van der Waals surface area contributed by atoms with Gasteiger partial charge in [-0.1, -0.05) is 0 Å². The summed E-state index contributed by atoms with van der Waals surface area (Å²) in [5.74, 6) is 0. The smallest absolute Gasteiger partial charge is 0.379 e. The maximum absolute atomic E-state index is 11.9. The summed E-state index contributed by atoms with van der Waals surface area (Å²) in [7, 11) is 1.54. The van der Waals surface area contributed by atoms with E-state index in [-0.39, 0.29) is 0 Å². The van der Waals surface area contributed by atoms with Gasteiger partial charge in [-0.3, -0.25) is 0 Å². The van der Waals surface area contributed by atoms with Gasteiger partial charge in [-0.25, -0.2) is 0 Å². The van der Waals surface area contributed by atoms with Crippen LogP contribution < -0.4 is 5.73 Å². The van der Waals surface area contributed by atoms with Crippen molar-refractivity contribution < 1.29 is 17.9 Å². The molecule has 0 aromatic carbocycles. The Kier molecular flexibility index (Phi) is 4.88. The van der Waals surface area contributed by atoms with Gasteiger partial charge in [-0.15, -0.1) is 0 Å². The molecule has 0 saturated carbocycles. The zero-order valence-corrected chi connectivity index (χ0v) is 8.82. The van der Waals surface area contributed by atoms with E-state index in [1.165, 1.54) is 7.11 Å². The maximum Gasteiger partial charge on any atom is 0.390 e. The average Bonchev–Trinajstić information content (AvgIpc) is 1.98. The normalized spacial score (nSPS) is 15.6. The van der Waals surface area contributed by atoms with Crippen molar-refractivity contribution >= 4 is 0 Å². The molecule has 0 heterocycles. The highest BCUT2D eigenvalue weighted by Crippen LogP contribution is 2.24. The quantitative estimate of drug-likeness (QED) is 0.761. The van der Waals surface area contributed by atoms with Crippen LogP contribution in [0.25, 0.3) is 0 Å². The number of methoxy groups -OCH3 is 1. The Balaban J connectivity index is 3.80. The summed E-state index contributed by atoms with van der Waals surface area (Å²) < 4.78 is 40.8. The van der Waals surface area contributed by atoms with E-state index in [1.807, 2.05) is 13.8 Å². The van der Waals surface area contributed by atoms with Gasteiger partial charge in [0.2, 0.25) is 0 Å². The molecule has 0 radical (unpaired) electrons. The SMILES string of the molecule is COC(C)(C)CCC(N)CC(F)(F)F. The molecule has 5 heteroatoms. The lowest BCUT2D eigenvalue weighted by Crippen LogP contribution is -2.31. The molecule has 14 heavy (non-hydrogen) atoms. The molecule has 0 aromatic heterocycles. The fourth-order valence-corrected chi connectivity index (χ4v) is 1.03. The third-order valence-electron chi connectivity index (χ3n) is 2.16. The predicted octanol–water partition coefficient (Wildman–Crippen LogP) is 2.47. The van der Waals surface area contributed by atoms with Crippen LogP contribution in [0.1, 0.15) is 33.1 Å². The summed E-state index contributed by atoms with van der Waals surface area (Å²) in [6.07, 6.45) is -4.25. The number of hydrogen-bond acceptors (Lipinski definition) is 2. The lowest BCUT2D eigenvalue weighted by Gasteiger charge is -2.24. The number of hydrogen-bond donors (Lipinski definition) is 1. The molecule has 1 unspecified atom stereocenters. The first kappa shape index (κ1) is 13.7. The molecule has 2 nitrogen and oxygen atoms in total. The van der Waals surface area contributed by atoms with E-state index in [0.717, 1.165) is 0 Å². The van der Waals surface area contributed by atoms with Crippen LogP contribution in [0.15, 0.2) is 0 Å². The molecule has 86 valence electrons. The van der Waals surface area contributed by atoms with Crippen LogP contribution in [0.5, 0.6) is 0 Å². The highest BCUT2D eigenvalue weighted by Gasteiger charge is 2.31. The number of halogens is 3. The molecule has 0 saturated heterocycles. The summed E-state index contributed by atoms with van der Waals surface area (Å²) in [4.78, 5) is 0. The summed E-state index contributed by atoms with van der Waals surface area (Å²) in [5, 5.41) is 0. The van der Waals surface area contributed by atoms with Gasteiger partial charge in [0.25, 0.3) is 0 Å². The fourth-order valence-electron chi connectivity index (χ4n) is 1.03. The lowest BCUT2D eigenvalue weighted by atomic mass is 9.98. The van der Waals surface area contributed by atoms with Crippen LogP contribution in [-0.2, 0) is 4.74 Å². The topological polar surface area (TPSA) is 35.2 Å². The second kappa shape index (κ2) is 4.98. The molecular weight excluding hydrogens is 195 g/mol. The van der Waals surface area contributed by atoms with Crippen molar-refractivity contribution in [2.45, 2.75) is 50.9 Å². The summed E-state index contributed by atoms with van der Waals surface area (Å²) in [5.41, 5.74) is 4.95. The van der Waals surface area contributed by atoms with Crippen LogP contribution in [0, 0.1) is 0 Å². The van der Waals surface area contributed by atoms with Crippen LogP contribution in [0.2, 0.25) is 0 Å². The zero-order chi connectivity index (χ0) is 11.4. The minimum absolute atomic E-state index is 0.320. The molecule has 0 fully saturated rings. The third kappa shape index (κ3) is 7.15. The largest absolute Gasteiger partial charge is 0.390 e. The van der Waals surface area contributed by atoms with Crippen molar-refractivity contribution in [2.24, 2.45) is 5.73 Å². The highest BCUT2D eigenvalue weighted by atomic mass is 19.4. The van der Waals surface area contributed by atoms with Crippen LogP contribution in [-0.4, -0.2) is 24.9 Å². The van der Waals surface area contributed by atoms with E-state index >= 15 is 0 Å². The molecule has 1 atom stereocenters. The molecule has 0 aliphatic rings. The van der Waals surface area contributed by atoms with E-state index in [2.05, 4.69) is 0 Å². The predicted molar refractivity (Wildman–Crippen MR) is 49.0 cm³/mol. The molecular formula is C9H18F3NO. The minimum Gasteiger partial charge on any atom is -0.379 e. The van der Waals surface area contributed by atoms with Crippen molar-refractivity contribution in [1.29, 1.82) is 0 Å². The van der Waals surface area contributed by atoms with Gasteiger partial charge >= 0.3 is 6.18 Å². The molecule has 0 aliphatic carbocycles. The monoisotopic (exact) mass is 213 g/mol. The Bertz CT molecular complexity index is 168. The second-order valence-corrected chi connectivity index (χ2v) is 4.08. The van der Waals surface area contributed by atoms with Crippen molar-refractivity contribution in [3.05, 3.63) is 0 Å². The summed E-state index contributed by atoms with van der Waals surface area (Å²) >= 11 is 0. The Morgan fingerprint density at radius 3 is 2.14 bits per heavy atom. The van der Waals surface area contributed by atoms with Crippen LogP contribution >= 0.6 is 0 Å². The third-order valence-corrected chi connectivity index (χ3v) is 2.16. The van der Waals surface area contributed by atoms with Crippen molar-refractivity contribution in [1.82, 2.24) is 0 Å². The molecule has 0 rings (SSSR count). The zero-order valence-electron chi connectivity index (χ0n) is 8.82. The Morgan fingerprint density at radius 2 is 1.79 bits per heavy atom. The van der Waals surface area contributed by atoms with E-state index in [1.54, 1.807) is 0 Å². The van der Waals surface area contributed by atoms with Crippen LogP contribution in [0.4, 0.5) is 13.2 Å². The lowest BCUT2D eigenvalue weighted by molar-refractivity contribution is -0.139. The van der Waals surface area contributed by atoms with Crippen molar-refractivity contribution in [3.63, 3.8) is 0 Å². The number of alkyl halides is 3. The highest BCUT2D eigenvalue weighted by molar-refractivity contribution is 4.74. The molecule has 0 aromatic rings. The Hall–Kier alpha value is -0.290. The first-order valence-corrected chi connectivity index (χ1v) is 4.54. The van der Waals surface area contributed by atoms with Crippen molar-refractivity contribution in [3.8, 4) is 0 Å². The minimum atomic E-state index is -4.17. The standard InChI is InChI=1S/C9H18F3NO/c1-8(2,14-3)5-4-7(13)6-9(10,11)12/h7H,4-6,13H2,1-3H3. The van der Waals surface area contributed by atoms with E-state index in [4.69, 9.17) is 10.5 Å². The number of rotatable bonds is 5. The summed E-state index contributed by atoms with van der Waals surface area (Å²) in [6, 6.07) is -0.829. The van der Waals surface area contributed by atoms with Gasteiger partial charge in [0.05, 0.1) is 12.0 Å². The van der Waals surface area contributed by atoms with Gasteiger partial charge in [0.1, 0.15) is 0 Å². The van der Waals surface area contributed by atoms with Gasteiger partial charge < -0.3 is 10.5 Å². The molecule has 0 spiro atoms. The summed E-state index contributed by atoms with van der Waals surface area (Å²) in [6.45, 7) is 3.65. The van der Waals surface area contributed by atoms with Crippen LogP contribution in [0.3, 0.4) is 0 Å².